The molecule has 13 heavy (non-hydrogen) atoms. The topological polar surface area (TPSA) is 42.0 Å². The number of hydrogen-bond acceptors (Lipinski definition) is 3. The highest BCUT2D eigenvalue weighted by Gasteiger charge is 1.99. The Morgan fingerprint density at radius 1 is 1.62 bits per heavy atom. The lowest BCUT2D eigenvalue weighted by atomic mass is 10.3. The van der Waals surface area contributed by atoms with E-state index in [0.29, 0.717) is 0 Å². The number of thiophene rings is 1. The molecule has 0 spiro atoms. The van der Waals surface area contributed by atoms with Crippen molar-refractivity contribution in [3.63, 3.8) is 0 Å². The van der Waals surface area contributed by atoms with Gasteiger partial charge in [0.05, 0.1) is 22.1 Å². The van der Waals surface area contributed by atoms with Crippen LogP contribution in [0.2, 0.25) is 0 Å². The van der Waals surface area contributed by atoms with Gasteiger partial charge in [-0.15, -0.1) is 11.3 Å². The molecule has 2 aromatic heterocycles. The van der Waals surface area contributed by atoms with Crippen molar-refractivity contribution in [2.24, 2.45) is 0 Å². The Morgan fingerprint density at radius 3 is 3.23 bits per heavy atom. The van der Waals surface area contributed by atoms with E-state index in [1.165, 1.54) is 6.92 Å². The smallest absolute Gasteiger partial charge is 0.221 e. The van der Waals surface area contributed by atoms with Crippen LogP contribution in [0.25, 0.3) is 10.2 Å². The van der Waals surface area contributed by atoms with Crippen LogP contribution in [-0.4, -0.2) is 10.9 Å². The van der Waals surface area contributed by atoms with Gasteiger partial charge in [-0.05, 0) is 17.5 Å². The molecule has 0 saturated carbocycles. The number of aromatic nitrogens is 1. The molecule has 1 amide bonds. The van der Waals surface area contributed by atoms with Crippen molar-refractivity contribution >= 4 is 33.1 Å². The Labute approximate surface area is 79.4 Å². The van der Waals surface area contributed by atoms with Crippen LogP contribution in [0.4, 0.5) is 5.69 Å². The highest BCUT2D eigenvalue weighted by Crippen LogP contribution is 2.21. The average molecular weight is 192 g/mol. The quantitative estimate of drug-likeness (QED) is 0.753. The summed E-state index contributed by atoms with van der Waals surface area (Å²) in [6.45, 7) is 1.48. The van der Waals surface area contributed by atoms with E-state index < -0.39 is 0 Å². The summed E-state index contributed by atoms with van der Waals surface area (Å²) in [5.74, 6) is -0.0716. The van der Waals surface area contributed by atoms with Crippen LogP contribution in [0.1, 0.15) is 6.92 Å². The van der Waals surface area contributed by atoms with Gasteiger partial charge in [-0.3, -0.25) is 9.78 Å². The van der Waals surface area contributed by atoms with Crippen molar-refractivity contribution in [2.45, 2.75) is 6.92 Å². The molecule has 3 nitrogen and oxygen atoms in total. The molecule has 0 radical (unpaired) electrons. The minimum atomic E-state index is -0.0716. The zero-order valence-corrected chi connectivity index (χ0v) is 7.89. The maximum absolute atomic E-state index is 10.8. The van der Waals surface area contributed by atoms with Crippen LogP contribution < -0.4 is 5.32 Å². The molecular weight excluding hydrogens is 184 g/mol. The second kappa shape index (κ2) is 3.14. The summed E-state index contributed by atoms with van der Waals surface area (Å²) >= 11 is 1.61. The first-order valence-electron chi connectivity index (χ1n) is 3.86. The second-order valence-electron chi connectivity index (χ2n) is 2.71. The van der Waals surface area contributed by atoms with Crippen LogP contribution >= 0.6 is 11.3 Å². The summed E-state index contributed by atoms with van der Waals surface area (Å²) in [6.07, 6.45) is 1.66. The van der Waals surface area contributed by atoms with Crippen molar-refractivity contribution in [2.75, 3.05) is 5.32 Å². The molecule has 2 heterocycles. The molecule has 0 unspecified atom stereocenters. The van der Waals surface area contributed by atoms with Crippen molar-refractivity contribution in [3.05, 3.63) is 23.7 Å². The number of rotatable bonds is 1. The summed E-state index contributed by atoms with van der Waals surface area (Å²) in [4.78, 5) is 14.9. The van der Waals surface area contributed by atoms with Crippen LogP contribution in [0.15, 0.2) is 23.7 Å². The van der Waals surface area contributed by atoms with Gasteiger partial charge in [-0.25, -0.2) is 0 Å². The number of carbonyl (C=O) groups excluding carboxylic acids is 1. The Kier molecular flexibility index (Phi) is 1.98. The highest BCUT2D eigenvalue weighted by molar-refractivity contribution is 7.17. The van der Waals surface area contributed by atoms with Gasteiger partial charge in [0.15, 0.2) is 0 Å². The number of amides is 1. The molecule has 0 aliphatic rings. The van der Waals surface area contributed by atoms with Gasteiger partial charge in [-0.2, -0.15) is 0 Å². The first-order chi connectivity index (χ1) is 6.25. The Hall–Kier alpha value is -1.42. The summed E-state index contributed by atoms with van der Waals surface area (Å²) in [5, 5.41) is 4.67. The van der Waals surface area contributed by atoms with Crippen molar-refractivity contribution < 1.29 is 4.79 Å². The zero-order chi connectivity index (χ0) is 9.26. The van der Waals surface area contributed by atoms with Crippen LogP contribution in [-0.2, 0) is 4.79 Å². The molecular formula is C9H8N2OS. The fourth-order valence-electron chi connectivity index (χ4n) is 1.12. The summed E-state index contributed by atoms with van der Waals surface area (Å²) in [7, 11) is 0. The molecule has 0 saturated heterocycles. The number of pyridine rings is 1. The van der Waals surface area contributed by atoms with Gasteiger partial charge in [0.2, 0.25) is 5.91 Å². The molecule has 2 aromatic rings. The van der Waals surface area contributed by atoms with E-state index in [9.17, 15) is 4.79 Å². The monoisotopic (exact) mass is 192 g/mol. The lowest BCUT2D eigenvalue weighted by Crippen LogP contribution is -2.05. The van der Waals surface area contributed by atoms with E-state index in [-0.39, 0.29) is 5.91 Å². The van der Waals surface area contributed by atoms with Gasteiger partial charge >= 0.3 is 0 Å². The lowest BCUT2D eigenvalue weighted by molar-refractivity contribution is -0.114. The predicted molar refractivity (Wildman–Crippen MR) is 53.9 cm³/mol. The molecule has 0 aliphatic heterocycles. The lowest BCUT2D eigenvalue weighted by Gasteiger charge is -1.99. The standard InChI is InChI=1S/C9H8N2OS/c1-6(12)11-7-4-9-8(10-5-7)2-3-13-9/h2-5H,1H3,(H,11,12). The summed E-state index contributed by atoms with van der Waals surface area (Å²) in [5.41, 5.74) is 1.72. The Bertz CT molecular complexity index is 450. The van der Waals surface area contributed by atoms with Gasteiger partial charge in [0.1, 0.15) is 0 Å². The van der Waals surface area contributed by atoms with Gasteiger partial charge in [0.25, 0.3) is 0 Å². The number of nitrogens with zero attached hydrogens (tertiary/aromatic N) is 1. The van der Waals surface area contributed by atoms with Crippen LogP contribution in [0.5, 0.6) is 0 Å². The molecule has 4 heteroatoms. The third-order valence-electron chi connectivity index (χ3n) is 1.62. The predicted octanol–water partition coefficient (Wildman–Crippen LogP) is 2.25. The van der Waals surface area contributed by atoms with Crippen LogP contribution in [0, 0.1) is 0 Å². The van der Waals surface area contributed by atoms with Crippen molar-refractivity contribution in [1.29, 1.82) is 0 Å². The van der Waals surface area contributed by atoms with E-state index in [2.05, 4.69) is 10.3 Å². The van der Waals surface area contributed by atoms with E-state index in [1.54, 1.807) is 17.5 Å². The number of nitrogens with one attached hydrogen (secondary N) is 1. The molecule has 0 aromatic carbocycles. The first-order valence-corrected chi connectivity index (χ1v) is 4.74. The molecule has 0 aliphatic carbocycles. The maximum atomic E-state index is 10.8. The van der Waals surface area contributed by atoms with E-state index >= 15 is 0 Å². The van der Waals surface area contributed by atoms with Crippen LogP contribution in [0.3, 0.4) is 0 Å². The third-order valence-corrected chi connectivity index (χ3v) is 2.48. The van der Waals surface area contributed by atoms with Gasteiger partial charge < -0.3 is 5.32 Å². The average Bonchev–Trinajstić information content (AvgIpc) is 2.49. The fourth-order valence-corrected chi connectivity index (χ4v) is 1.90. The number of hydrogen-bond donors (Lipinski definition) is 1. The van der Waals surface area contributed by atoms with Gasteiger partial charge in [0, 0.05) is 6.92 Å². The van der Waals surface area contributed by atoms with E-state index in [0.717, 1.165) is 15.9 Å². The highest BCUT2D eigenvalue weighted by atomic mass is 32.1. The van der Waals surface area contributed by atoms with Gasteiger partial charge in [-0.1, -0.05) is 0 Å². The number of fused-ring (bicyclic) bond motifs is 1. The molecule has 0 fully saturated rings. The molecule has 66 valence electrons. The summed E-state index contributed by atoms with van der Waals surface area (Å²) in [6, 6.07) is 3.88. The summed E-state index contributed by atoms with van der Waals surface area (Å²) < 4.78 is 1.09. The zero-order valence-electron chi connectivity index (χ0n) is 7.07. The Balaban J connectivity index is 2.42. The molecule has 2 rings (SSSR count). The van der Waals surface area contributed by atoms with Crippen molar-refractivity contribution in [1.82, 2.24) is 4.98 Å². The normalized spacial score (nSPS) is 10.2. The molecule has 1 N–H and O–H groups in total. The fraction of sp³-hybridized carbons (Fsp3) is 0.111. The Morgan fingerprint density at radius 2 is 2.46 bits per heavy atom. The minimum Gasteiger partial charge on any atom is -0.325 e. The maximum Gasteiger partial charge on any atom is 0.221 e. The van der Waals surface area contributed by atoms with Crippen molar-refractivity contribution in [3.8, 4) is 0 Å². The number of anilines is 1. The SMILES string of the molecule is CC(=O)Nc1cnc2ccsc2c1. The first kappa shape index (κ1) is 8.19. The largest absolute Gasteiger partial charge is 0.325 e. The van der Waals surface area contributed by atoms with E-state index in [4.69, 9.17) is 0 Å². The van der Waals surface area contributed by atoms with E-state index in [1.807, 2.05) is 17.5 Å². The second-order valence-corrected chi connectivity index (χ2v) is 3.66. The third kappa shape index (κ3) is 1.67. The minimum absolute atomic E-state index is 0.0716. The number of carbonyl (C=O) groups is 1. The molecule has 0 atom stereocenters. The molecule has 0 bridgehead atoms.